The largest absolute Gasteiger partial charge is 0.493 e. The highest BCUT2D eigenvalue weighted by atomic mass is 32.1. The van der Waals surface area contributed by atoms with E-state index in [1.807, 2.05) is 19.1 Å². The lowest BCUT2D eigenvalue weighted by atomic mass is 10.1. The van der Waals surface area contributed by atoms with Crippen molar-refractivity contribution in [2.75, 3.05) is 25.7 Å². The number of rotatable bonds is 6. The maximum atomic E-state index is 12.9. The SMILES string of the molecule is CCN(C(=O)c1ccc(OC)c(OC)c1)c1nnc(-c2ccncc2)s1. The quantitative estimate of drug-likeness (QED) is 0.663. The fourth-order valence-electron chi connectivity index (χ4n) is 2.43. The van der Waals surface area contributed by atoms with Crippen molar-refractivity contribution in [2.24, 2.45) is 0 Å². The molecule has 0 spiro atoms. The number of carbonyl (C=O) groups is 1. The van der Waals surface area contributed by atoms with Crippen LogP contribution in [0.3, 0.4) is 0 Å². The van der Waals surface area contributed by atoms with E-state index in [2.05, 4.69) is 15.2 Å². The van der Waals surface area contributed by atoms with Crippen molar-refractivity contribution in [2.45, 2.75) is 6.92 Å². The highest BCUT2D eigenvalue weighted by Gasteiger charge is 2.21. The second-order valence-corrected chi connectivity index (χ2v) is 6.20. The average molecular weight is 370 g/mol. The molecule has 2 heterocycles. The fourth-order valence-corrected chi connectivity index (χ4v) is 3.34. The van der Waals surface area contributed by atoms with Crippen LogP contribution in [0.2, 0.25) is 0 Å². The molecule has 0 atom stereocenters. The second-order valence-electron chi connectivity index (χ2n) is 5.24. The lowest BCUT2D eigenvalue weighted by Crippen LogP contribution is -2.30. The van der Waals surface area contributed by atoms with Gasteiger partial charge in [-0.25, -0.2) is 0 Å². The Kier molecular flexibility index (Phi) is 5.43. The molecule has 0 aliphatic carbocycles. The first kappa shape index (κ1) is 17.8. The molecular formula is C18H18N4O3S. The van der Waals surface area contributed by atoms with Gasteiger partial charge in [-0.3, -0.25) is 14.7 Å². The van der Waals surface area contributed by atoms with Crippen molar-refractivity contribution in [3.05, 3.63) is 48.3 Å². The van der Waals surface area contributed by atoms with Crippen molar-refractivity contribution in [3.63, 3.8) is 0 Å². The zero-order valence-electron chi connectivity index (χ0n) is 14.7. The summed E-state index contributed by atoms with van der Waals surface area (Å²) in [5.41, 5.74) is 1.41. The zero-order chi connectivity index (χ0) is 18.5. The number of carbonyl (C=O) groups excluding carboxylic acids is 1. The Labute approximate surface area is 155 Å². The Morgan fingerprint density at radius 1 is 1.08 bits per heavy atom. The Morgan fingerprint density at radius 2 is 1.81 bits per heavy atom. The molecule has 134 valence electrons. The maximum Gasteiger partial charge on any atom is 0.260 e. The number of hydrogen-bond donors (Lipinski definition) is 0. The molecule has 0 aliphatic rings. The van der Waals surface area contributed by atoms with Gasteiger partial charge in [-0.15, -0.1) is 10.2 Å². The van der Waals surface area contributed by atoms with Gasteiger partial charge in [-0.05, 0) is 37.3 Å². The molecule has 0 N–H and O–H groups in total. The number of amides is 1. The highest BCUT2D eigenvalue weighted by Crippen LogP contribution is 2.31. The molecule has 0 aliphatic heterocycles. The third kappa shape index (κ3) is 3.50. The summed E-state index contributed by atoms with van der Waals surface area (Å²) < 4.78 is 10.5. The molecule has 0 saturated carbocycles. The lowest BCUT2D eigenvalue weighted by molar-refractivity contribution is 0.0987. The first-order valence-electron chi connectivity index (χ1n) is 7.95. The summed E-state index contributed by atoms with van der Waals surface area (Å²) in [7, 11) is 3.09. The van der Waals surface area contributed by atoms with Crippen LogP contribution in [0, 0.1) is 0 Å². The number of nitrogens with zero attached hydrogens (tertiary/aromatic N) is 4. The Hall–Kier alpha value is -3.00. The van der Waals surface area contributed by atoms with E-state index in [4.69, 9.17) is 9.47 Å². The molecular weight excluding hydrogens is 352 g/mol. The van der Waals surface area contributed by atoms with E-state index in [1.165, 1.54) is 18.4 Å². The number of anilines is 1. The van der Waals surface area contributed by atoms with Crippen molar-refractivity contribution < 1.29 is 14.3 Å². The van der Waals surface area contributed by atoms with Gasteiger partial charge < -0.3 is 9.47 Å². The molecule has 3 rings (SSSR count). The Bertz CT molecular complexity index is 898. The average Bonchev–Trinajstić information content (AvgIpc) is 3.18. The van der Waals surface area contributed by atoms with E-state index in [0.29, 0.717) is 28.7 Å². The van der Waals surface area contributed by atoms with E-state index in [9.17, 15) is 4.79 Å². The van der Waals surface area contributed by atoms with Gasteiger partial charge in [0, 0.05) is 30.1 Å². The maximum absolute atomic E-state index is 12.9. The van der Waals surface area contributed by atoms with Crippen molar-refractivity contribution in [3.8, 4) is 22.1 Å². The van der Waals surface area contributed by atoms with Gasteiger partial charge >= 0.3 is 0 Å². The Morgan fingerprint density at radius 3 is 2.46 bits per heavy atom. The van der Waals surface area contributed by atoms with E-state index in [-0.39, 0.29) is 5.91 Å². The zero-order valence-corrected chi connectivity index (χ0v) is 15.5. The van der Waals surface area contributed by atoms with Crippen LogP contribution in [0.25, 0.3) is 10.6 Å². The van der Waals surface area contributed by atoms with E-state index >= 15 is 0 Å². The molecule has 0 saturated heterocycles. The van der Waals surface area contributed by atoms with Crippen molar-refractivity contribution in [1.82, 2.24) is 15.2 Å². The molecule has 3 aromatic rings. The molecule has 7 nitrogen and oxygen atoms in total. The summed E-state index contributed by atoms with van der Waals surface area (Å²) in [5.74, 6) is 0.901. The summed E-state index contributed by atoms with van der Waals surface area (Å²) >= 11 is 1.36. The third-order valence-corrected chi connectivity index (χ3v) is 4.76. The third-order valence-electron chi connectivity index (χ3n) is 3.76. The van der Waals surface area contributed by atoms with Crippen LogP contribution in [-0.2, 0) is 0 Å². The minimum Gasteiger partial charge on any atom is -0.493 e. The van der Waals surface area contributed by atoms with Crippen LogP contribution in [0.1, 0.15) is 17.3 Å². The normalized spacial score (nSPS) is 10.4. The van der Waals surface area contributed by atoms with Crippen LogP contribution < -0.4 is 14.4 Å². The molecule has 0 radical (unpaired) electrons. The van der Waals surface area contributed by atoms with E-state index < -0.39 is 0 Å². The predicted octanol–water partition coefficient (Wildman–Crippen LogP) is 3.28. The summed E-state index contributed by atoms with van der Waals surface area (Å²) in [4.78, 5) is 18.5. The molecule has 1 aromatic carbocycles. The van der Waals surface area contributed by atoms with E-state index in [0.717, 1.165) is 10.6 Å². The standard InChI is InChI=1S/C18H18N4O3S/c1-4-22(17(23)13-5-6-14(24-2)15(11-13)25-3)18-21-20-16(26-18)12-7-9-19-10-8-12/h5-11H,4H2,1-3H3. The van der Waals surface area contributed by atoms with E-state index in [1.54, 1.807) is 42.6 Å². The highest BCUT2D eigenvalue weighted by molar-refractivity contribution is 7.18. The van der Waals surface area contributed by atoms with Crippen molar-refractivity contribution in [1.29, 1.82) is 0 Å². The number of pyridine rings is 1. The summed E-state index contributed by atoms with van der Waals surface area (Å²) in [6.45, 7) is 2.37. The van der Waals surface area contributed by atoms with Crippen LogP contribution in [0.5, 0.6) is 11.5 Å². The van der Waals surface area contributed by atoms with Crippen LogP contribution >= 0.6 is 11.3 Å². The molecule has 0 unspecified atom stereocenters. The number of benzene rings is 1. The van der Waals surface area contributed by atoms with Gasteiger partial charge in [0.1, 0.15) is 5.01 Å². The van der Waals surface area contributed by atoms with Gasteiger partial charge in [-0.2, -0.15) is 0 Å². The minimum atomic E-state index is -0.175. The molecule has 26 heavy (non-hydrogen) atoms. The van der Waals surface area contributed by atoms with Crippen LogP contribution in [0.15, 0.2) is 42.7 Å². The molecule has 2 aromatic heterocycles. The van der Waals surface area contributed by atoms with Gasteiger partial charge in [-0.1, -0.05) is 11.3 Å². The summed E-state index contributed by atoms with van der Waals surface area (Å²) in [6.07, 6.45) is 3.39. The van der Waals surface area contributed by atoms with Gasteiger partial charge in [0.05, 0.1) is 14.2 Å². The van der Waals surface area contributed by atoms with Crippen molar-refractivity contribution >= 4 is 22.4 Å². The number of ether oxygens (including phenoxy) is 2. The summed E-state index contributed by atoms with van der Waals surface area (Å²) in [5, 5.41) is 9.66. The minimum absolute atomic E-state index is 0.175. The molecule has 1 amide bonds. The number of hydrogen-bond acceptors (Lipinski definition) is 7. The molecule has 8 heteroatoms. The molecule has 0 bridgehead atoms. The summed E-state index contributed by atoms with van der Waals surface area (Å²) in [6, 6.07) is 8.79. The van der Waals surface area contributed by atoms with Crippen LogP contribution in [-0.4, -0.2) is 41.9 Å². The monoisotopic (exact) mass is 370 g/mol. The van der Waals surface area contributed by atoms with Crippen LogP contribution in [0.4, 0.5) is 5.13 Å². The first-order valence-corrected chi connectivity index (χ1v) is 8.77. The van der Waals surface area contributed by atoms with Gasteiger partial charge in [0.15, 0.2) is 11.5 Å². The predicted molar refractivity (Wildman–Crippen MR) is 100 cm³/mol. The topological polar surface area (TPSA) is 77.4 Å². The fraction of sp³-hybridized carbons (Fsp3) is 0.222. The second kappa shape index (κ2) is 7.92. The smallest absolute Gasteiger partial charge is 0.260 e. The lowest BCUT2D eigenvalue weighted by Gasteiger charge is -2.18. The van der Waals surface area contributed by atoms with Gasteiger partial charge in [0.2, 0.25) is 5.13 Å². The van der Waals surface area contributed by atoms with Gasteiger partial charge in [0.25, 0.3) is 5.91 Å². The number of aromatic nitrogens is 3. The molecule has 0 fully saturated rings. The first-order chi connectivity index (χ1) is 12.7. The Balaban J connectivity index is 1.89. The number of methoxy groups -OCH3 is 2.